The number of carbonyl (C=O) groups is 1. The third kappa shape index (κ3) is 4.17. The Bertz CT molecular complexity index is 733. The van der Waals surface area contributed by atoms with Crippen LogP contribution in [0.1, 0.15) is 25.7 Å². The topological polar surface area (TPSA) is 70.4 Å². The Hall–Kier alpha value is -2.41. The number of urea groups is 1. The molecule has 7 heteroatoms. The van der Waals surface area contributed by atoms with Crippen molar-refractivity contribution in [3.63, 3.8) is 0 Å². The molecule has 0 radical (unpaired) electrons. The normalized spacial score (nSPS) is 20.3. The summed E-state index contributed by atoms with van der Waals surface area (Å²) in [5.74, 6) is -0.266. The lowest BCUT2D eigenvalue weighted by Gasteiger charge is -2.31. The molecule has 0 spiro atoms. The molecule has 1 saturated carbocycles. The third-order valence-corrected chi connectivity index (χ3v) is 4.66. The molecular formula is C18H23FN4O2. The lowest BCUT2D eigenvalue weighted by atomic mass is 9.86. The summed E-state index contributed by atoms with van der Waals surface area (Å²) in [7, 11) is 1.71. The Morgan fingerprint density at radius 1 is 1.40 bits per heavy atom. The number of nitrogens with zero attached hydrogens (tertiary/aromatic N) is 3. The highest BCUT2D eigenvalue weighted by Gasteiger charge is 2.25. The number of anilines is 1. The van der Waals surface area contributed by atoms with E-state index in [0.717, 1.165) is 25.7 Å². The van der Waals surface area contributed by atoms with Gasteiger partial charge in [-0.25, -0.2) is 13.9 Å². The molecule has 1 aromatic heterocycles. The Morgan fingerprint density at radius 2 is 2.16 bits per heavy atom. The maximum absolute atomic E-state index is 13.8. The van der Waals surface area contributed by atoms with Crippen LogP contribution in [0.25, 0.3) is 5.69 Å². The number of nitrogens with one attached hydrogen (secondary N) is 1. The number of aliphatic hydroxyl groups excluding tert-OH is 1. The highest BCUT2D eigenvalue weighted by atomic mass is 19.1. The second-order valence-corrected chi connectivity index (χ2v) is 6.55. The fourth-order valence-corrected chi connectivity index (χ4v) is 3.21. The number of aliphatic hydroxyl groups is 1. The van der Waals surface area contributed by atoms with E-state index < -0.39 is 0 Å². The largest absolute Gasteiger partial charge is 0.393 e. The first-order valence-electron chi connectivity index (χ1n) is 8.54. The van der Waals surface area contributed by atoms with Crippen LogP contribution in [0.2, 0.25) is 0 Å². The molecule has 2 atom stereocenters. The number of rotatable bonds is 4. The van der Waals surface area contributed by atoms with Gasteiger partial charge in [-0.2, -0.15) is 5.10 Å². The van der Waals surface area contributed by atoms with E-state index in [1.807, 2.05) is 0 Å². The summed E-state index contributed by atoms with van der Waals surface area (Å²) in [4.78, 5) is 13.9. The summed E-state index contributed by atoms with van der Waals surface area (Å²) in [6, 6.07) is 6.04. The smallest absolute Gasteiger partial charge is 0.321 e. The maximum atomic E-state index is 13.8. The molecule has 6 nitrogen and oxygen atoms in total. The van der Waals surface area contributed by atoms with E-state index in [0.29, 0.717) is 17.9 Å². The Labute approximate surface area is 146 Å². The molecular weight excluding hydrogens is 323 g/mol. The van der Waals surface area contributed by atoms with Gasteiger partial charge < -0.3 is 15.3 Å². The molecule has 1 aliphatic carbocycles. The highest BCUT2D eigenvalue weighted by molar-refractivity contribution is 5.88. The van der Waals surface area contributed by atoms with E-state index in [2.05, 4.69) is 10.4 Å². The van der Waals surface area contributed by atoms with Crippen molar-refractivity contribution in [3.05, 3.63) is 42.5 Å². The van der Waals surface area contributed by atoms with Gasteiger partial charge in [0.05, 0.1) is 24.2 Å². The Balaban J connectivity index is 1.60. The van der Waals surface area contributed by atoms with E-state index in [1.165, 1.54) is 16.9 Å². The van der Waals surface area contributed by atoms with E-state index in [9.17, 15) is 14.3 Å². The number of para-hydroxylation sites is 1. The number of hydrogen-bond acceptors (Lipinski definition) is 3. The first kappa shape index (κ1) is 17.4. The van der Waals surface area contributed by atoms with Crippen LogP contribution in [0.4, 0.5) is 14.9 Å². The fraction of sp³-hybridized carbons (Fsp3) is 0.444. The molecule has 2 amide bonds. The minimum atomic E-state index is -0.383. The summed E-state index contributed by atoms with van der Waals surface area (Å²) in [6.07, 6.45) is 6.58. The van der Waals surface area contributed by atoms with Gasteiger partial charge in [-0.3, -0.25) is 0 Å². The number of hydrogen-bond donors (Lipinski definition) is 2. The van der Waals surface area contributed by atoms with Crippen LogP contribution in [-0.2, 0) is 0 Å². The Kier molecular flexibility index (Phi) is 5.33. The van der Waals surface area contributed by atoms with Gasteiger partial charge >= 0.3 is 6.03 Å². The average Bonchev–Trinajstić information content (AvgIpc) is 3.05. The molecule has 0 aliphatic heterocycles. The summed E-state index contributed by atoms with van der Waals surface area (Å²) < 4.78 is 15.2. The number of amides is 2. The van der Waals surface area contributed by atoms with Crippen LogP contribution in [-0.4, -0.2) is 45.5 Å². The number of halogens is 1. The quantitative estimate of drug-likeness (QED) is 0.894. The van der Waals surface area contributed by atoms with Crippen molar-refractivity contribution in [2.24, 2.45) is 5.92 Å². The molecule has 2 aromatic rings. The summed E-state index contributed by atoms with van der Waals surface area (Å²) in [5.41, 5.74) is 0.811. The average molecular weight is 346 g/mol. The molecule has 2 unspecified atom stereocenters. The molecule has 25 heavy (non-hydrogen) atoms. The summed E-state index contributed by atoms with van der Waals surface area (Å²) >= 11 is 0. The van der Waals surface area contributed by atoms with E-state index >= 15 is 0 Å². The van der Waals surface area contributed by atoms with E-state index in [4.69, 9.17) is 0 Å². The van der Waals surface area contributed by atoms with Crippen LogP contribution < -0.4 is 5.32 Å². The van der Waals surface area contributed by atoms with E-state index in [-0.39, 0.29) is 23.9 Å². The van der Waals surface area contributed by atoms with Crippen molar-refractivity contribution in [1.82, 2.24) is 14.7 Å². The van der Waals surface area contributed by atoms with Crippen LogP contribution in [0.15, 0.2) is 36.7 Å². The molecule has 1 aromatic carbocycles. The minimum absolute atomic E-state index is 0.116. The van der Waals surface area contributed by atoms with Gasteiger partial charge in [-0.15, -0.1) is 0 Å². The van der Waals surface area contributed by atoms with Crippen molar-refractivity contribution in [2.45, 2.75) is 31.8 Å². The first-order valence-corrected chi connectivity index (χ1v) is 8.54. The standard InChI is InChI=1S/C18H23FN4O2/c1-22(11-13-6-2-5-9-17(13)24)18(25)21-14-10-20-23(12-14)16-8-4-3-7-15(16)19/h3-4,7-8,10,12-13,17,24H,2,5-6,9,11H2,1H3,(H,21,25). The van der Waals surface area contributed by atoms with Crippen molar-refractivity contribution in [1.29, 1.82) is 0 Å². The molecule has 0 bridgehead atoms. The fourth-order valence-electron chi connectivity index (χ4n) is 3.21. The minimum Gasteiger partial charge on any atom is -0.393 e. The first-order chi connectivity index (χ1) is 12.0. The second-order valence-electron chi connectivity index (χ2n) is 6.55. The SMILES string of the molecule is CN(CC1CCCCC1O)C(=O)Nc1cnn(-c2ccccc2F)c1. The van der Waals surface area contributed by atoms with Gasteiger partial charge in [-0.05, 0) is 25.0 Å². The van der Waals surface area contributed by atoms with Gasteiger partial charge in [0, 0.05) is 19.5 Å². The van der Waals surface area contributed by atoms with E-state index in [1.54, 1.807) is 36.3 Å². The van der Waals surface area contributed by atoms with Crippen LogP contribution in [0, 0.1) is 11.7 Å². The van der Waals surface area contributed by atoms with Crippen LogP contribution in [0.3, 0.4) is 0 Å². The zero-order valence-corrected chi connectivity index (χ0v) is 14.2. The second kappa shape index (κ2) is 7.65. The summed E-state index contributed by atoms with van der Waals surface area (Å²) in [5, 5.41) is 16.9. The van der Waals surface area contributed by atoms with Crippen LogP contribution in [0.5, 0.6) is 0 Å². The lowest BCUT2D eigenvalue weighted by Crippen LogP contribution is -2.39. The van der Waals surface area contributed by atoms with Gasteiger partial charge in [0.2, 0.25) is 0 Å². The van der Waals surface area contributed by atoms with Gasteiger partial charge in [0.15, 0.2) is 0 Å². The summed E-state index contributed by atoms with van der Waals surface area (Å²) in [6.45, 7) is 0.508. The van der Waals surface area contributed by atoms with Gasteiger partial charge in [0.1, 0.15) is 11.5 Å². The highest BCUT2D eigenvalue weighted by Crippen LogP contribution is 2.25. The maximum Gasteiger partial charge on any atom is 0.321 e. The molecule has 1 fully saturated rings. The van der Waals surface area contributed by atoms with Gasteiger partial charge in [0.25, 0.3) is 0 Å². The Morgan fingerprint density at radius 3 is 2.92 bits per heavy atom. The molecule has 1 aliphatic rings. The zero-order chi connectivity index (χ0) is 17.8. The molecule has 1 heterocycles. The lowest BCUT2D eigenvalue weighted by molar-refractivity contribution is 0.0575. The third-order valence-electron chi connectivity index (χ3n) is 4.66. The molecule has 0 saturated heterocycles. The zero-order valence-electron chi connectivity index (χ0n) is 14.2. The number of benzene rings is 1. The predicted molar refractivity (Wildman–Crippen MR) is 93.1 cm³/mol. The monoisotopic (exact) mass is 346 g/mol. The predicted octanol–water partition coefficient (Wildman–Crippen LogP) is 3.03. The van der Waals surface area contributed by atoms with Crippen molar-refractivity contribution >= 4 is 11.7 Å². The molecule has 3 rings (SSSR count). The van der Waals surface area contributed by atoms with Gasteiger partial charge in [-0.1, -0.05) is 25.0 Å². The molecule has 2 N–H and O–H groups in total. The number of carbonyl (C=O) groups excluding carboxylic acids is 1. The van der Waals surface area contributed by atoms with Crippen molar-refractivity contribution < 1.29 is 14.3 Å². The van der Waals surface area contributed by atoms with Crippen molar-refractivity contribution in [3.8, 4) is 5.69 Å². The van der Waals surface area contributed by atoms with Crippen molar-refractivity contribution in [2.75, 3.05) is 18.9 Å². The van der Waals surface area contributed by atoms with Crippen LogP contribution >= 0.6 is 0 Å². The molecule has 134 valence electrons. The number of aromatic nitrogens is 2.